The van der Waals surface area contributed by atoms with E-state index >= 15 is 0 Å². The van der Waals surface area contributed by atoms with Gasteiger partial charge in [0, 0.05) is 12.5 Å². The van der Waals surface area contributed by atoms with Crippen molar-refractivity contribution < 1.29 is 37.6 Å². The van der Waals surface area contributed by atoms with Crippen molar-refractivity contribution in [3.05, 3.63) is 126 Å². The second-order valence-corrected chi connectivity index (χ2v) is 12.1. The maximum Gasteiger partial charge on any atom is 0.356 e. The number of carbonyl (C=O) groups excluding carboxylic acids is 4. The van der Waals surface area contributed by atoms with E-state index in [4.69, 9.17) is 14.2 Å². The highest BCUT2D eigenvalue weighted by Gasteiger charge is 2.60. The van der Waals surface area contributed by atoms with E-state index in [-0.39, 0.29) is 30.9 Å². The van der Waals surface area contributed by atoms with Crippen LogP contribution in [-0.4, -0.2) is 62.7 Å². The third kappa shape index (κ3) is 6.88. The summed E-state index contributed by atoms with van der Waals surface area (Å²) in [6.07, 6.45) is 0.845. The minimum absolute atomic E-state index is 0.150. The standard InChI is InChI=1S/C34H32N2O8S/c1-3-13-27-26(20-42-22(2)37)30(34(40)44-31(23-14-7-4-8-15-23)24-16-9-5-10-17-24)36-32(39)29(33(36)45(27)41)35-28(38)21-43-25-18-11-6-12-19-25/h3-12,14-19,27,29,31,33H,1,13,20-21H2,2H3,(H,35,38)/t27-,29-,33-,45?/m1/s1. The number of esters is 2. The van der Waals surface area contributed by atoms with Gasteiger partial charge in [0.25, 0.3) is 11.8 Å². The molecule has 2 heterocycles. The first kappa shape index (κ1) is 31.4. The van der Waals surface area contributed by atoms with Crippen molar-refractivity contribution in [3.63, 3.8) is 0 Å². The second kappa shape index (κ2) is 14.2. The number of benzene rings is 3. The zero-order valence-electron chi connectivity index (χ0n) is 24.5. The lowest BCUT2D eigenvalue weighted by molar-refractivity contribution is -0.155. The quantitative estimate of drug-likeness (QED) is 0.183. The highest BCUT2D eigenvalue weighted by Crippen LogP contribution is 2.41. The minimum Gasteiger partial charge on any atom is -0.484 e. The molecular formula is C34H32N2O8S. The van der Waals surface area contributed by atoms with Gasteiger partial charge in [-0.1, -0.05) is 84.9 Å². The third-order valence-electron chi connectivity index (χ3n) is 7.36. The fraction of sp³-hybridized carbons (Fsp3) is 0.235. The predicted octanol–water partition coefficient (Wildman–Crippen LogP) is 3.58. The zero-order valence-corrected chi connectivity index (χ0v) is 25.3. The molecule has 3 aromatic carbocycles. The number of nitrogens with one attached hydrogen (secondary N) is 1. The lowest BCUT2D eigenvalue weighted by Gasteiger charge is -2.51. The van der Waals surface area contributed by atoms with Crippen LogP contribution in [0.3, 0.4) is 0 Å². The van der Waals surface area contributed by atoms with Gasteiger partial charge in [-0.3, -0.25) is 23.5 Å². The fourth-order valence-corrected chi connectivity index (χ4v) is 7.27. The molecule has 1 N–H and O–H groups in total. The normalized spacial score (nSPS) is 20.5. The molecule has 2 aliphatic heterocycles. The number of hydrogen-bond acceptors (Lipinski definition) is 8. The average molecular weight is 629 g/mol. The van der Waals surface area contributed by atoms with Crippen LogP contribution in [0.15, 0.2) is 115 Å². The molecule has 0 radical (unpaired) electrons. The molecule has 45 heavy (non-hydrogen) atoms. The Labute approximate surface area is 263 Å². The largest absolute Gasteiger partial charge is 0.484 e. The van der Waals surface area contributed by atoms with Crippen molar-refractivity contribution in [2.24, 2.45) is 0 Å². The van der Waals surface area contributed by atoms with E-state index in [1.807, 2.05) is 60.7 Å². The number of para-hydroxylation sites is 1. The number of nitrogens with zero attached hydrogens (tertiary/aromatic N) is 1. The summed E-state index contributed by atoms with van der Waals surface area (Å²) in [7, 11) is -1.82. The molecule has 1 unspecified atom stereocenters. The van der Waals surface area contributed by atoms with Gasteiger partial charge in [0.15, 0.2) is 12.7 Å². The van der Waals surface area contributed by atoms with Crippen molar-refractivity contribution in [2.45, 2.75) is 36.1 Å². The number of amides is 2. The summed E-state index contributed by atoms with van der Waals surface area (Å²) in [6.45, 7) is 4.22. The molecule has 0 saturated carbocycles. The number of carbonyl (C=O) groups is 4. The van der Waals surface area contributed by atoms with E-state index < -0.39 is 57.3 Å². The third-order valence-corrected chi connectivity index (χ3v) is 9.36. The molecule has 0 aromatic heterocycles. The molecule has 4 atom stereocenters. The van der Waals surface area contributed by atoms with Gasteiger partial charge in [-0.05, 0) is 29.7 Å². The second-order valence-electron chi connectivity index (χ2n) is 10.3. The summed E-state index contributed by atoms with van der Waals surface area (Å²) in [5.74, 6) is -2.26. The Balaban J connectivity index is 1.47. The summed E-state index contributed by atoms with van der Waals surface area (Å²) in [6, 6.07) is 25.7. The van der Waals surface area contributed by atoms with Gasteiger partial charge >= 0.3 is 11.9 Å². The molecule has 1 saturated heterocycles. The van der Waals surface area contributed by atoms with Crippen LogP contribution in [0, 0.1) is 0 Å². The van der Waals surface area contributed by atoms with Crippen LogP contribution in [0.25, 0.3) is 0 Å². The van der Waals surface area contributed by atoms with Gasteiger partial charge in [-0.25, -0.2) is 4.79 Å². The first-order valence-corrected chi connectivity index (χ1v) is 15.6. The molecule has 1 fully saturated rings. The van der Waals surface area contributed by atoms with Gasteiger partial charge in [-0.2, -0.15) is 0 Å². The van der Waals surface area contributed by atoms with Crippen molar-refractivity contribution in [1.29, 1.82) is 0 Å². The molecule has 3 aromatic rings. The number of allylic oxidation sites excluding steroid dienone is 1. The van der Waals surface area contributed by atoms with E-state index in [9.17, 15) is 23.4 Å². The van der Waals surface area contributed by atoms with Gasteiger partial charge < -0.3 is 19.5 Å². The van der Waals surface area contributed by atoms with Crippen LogP contribution >= 0.6 is 0 Å². The summed E-state index contributed by atoms with van der Waals surface area (Å²) in [5.41, 5.74) is 1.39. The minimum atomic E-state index is -1.82. The lowest BCUT2D eigenvalue weighted by Crippen LogP contribution is -2.75. The van der Waals surface area contributed by atoms with Crippen LogP contribution in [0.1, 0.15) is 30.6 Å². The van der Waals surface area contributed by atoms with Crippen molar-refractivity contribution in [1.82, 2.24) is 10.2 Å². The molecule has 2 aliphatic rings. The molecule has 2 amide bonds. The lowest BCUT2D eigenvalue weighted by atomic mass is 9.98. The Hall–Kier alpha value is -5.03. The van der Waals surface area contributed by atoms with E-state index in [0.29, 0.717) is 16.9 Å². The van der Waals surface area contributed by atoms with Gasteiger partial charge in [0.2, 0.25) is 0 Å². The first-order chi connectivity index (χ1) is 21.8. The summed E-state index contributed by atoms with van der Waals surface area (Å²) >= 11 is 0. The monoisotopic (exact) mass is 628 g/mol. The number of fused-ring (bicyclic) bond motifs is 1. The highest BCUT2D eigenvalue weighted by atomic mass is 32.2. The molecule has 5 rings (SSSR count). The Morgan fingerprint density at radius 1 is 0.956 bits per heavy atom. The molecular weight excluding hydrogens is 596 g/mol. The van der Waals surface area contributed by atoms with Crippen LogP contribution in [0.2, 0.25) is 0 Å². The Morgan fingerprint density at radius 2 is 1.53 bits per heavy atom. The Kier molecular flexibility index (Phi) is 9.89. The van der Waals surface area contributed by atoms with Crippen LogP contribution in [0.4, 0.5) is 0 Å². The van der Waals surface area contributed by atoms with Gasteiger partial charge in [-0.15, -0.1) is 6.58 Å². The van der Waals surface area contributed by atoms with Crippen molar-refractivity contribution in [2.75, 3.05) is 13.2 Å². The maximum absolute atomic E-state index is 14.1. The zero-order chi connectivity index (χ0) is 31.9. The molecule has 232 valence electrons. The van der Waals surface area contributed by atoms with E-state index in [0.717, 1.165) is 4.90 Å². The van der Waals surface area contributed by atoms with Gasteiger partial charge in [0.05, 0.1) is 16.0 Å². The topological polar surface area (TPSA) is 128 Å². The van der Waals surface area contributed by atoms with Gasteiger partial charge in [0.1, 0.15) is 29.5 Å². The van der Waals surface area contributed by atoms with Crippen LogP contribution in [-0.2, 0) is 39.5 Å². The molecule has 10 nitrogen and oxygen atoms in total. The average Bonchev–Trinajstić information content (AvgIpc) is 3.06. The van der Waals surface area contributed by atoms with E-state index in [2.05, 4.69) is 11.9 Å². The van der Waals surface area contributed by atoms with Crippen LogP contribution in [0.5, 0.6) is 5.75 Å². The summed E-state index contributed by atoms with van der Waals surface area (Å²) in [5, 5.41) is 0.699. The molecule has 11 heteroatoms. The smallest absolute Gasteiger partial charge is 0.356 e. The fourth-order valence-electron chi connectivity index (χ4n) is 5.27. The number of hydrogen-bond donors (Lipinski definition) is 1. The summed E-state index contributed by atoms with van der Waals surface area (Å²) < 4.78 is 30.8. The number of rotatable bonds is 12. The Morgan fingerprint density at radius 3 is 2.09 bits per heavy atom. The molecule has 0 aliphatic carbocycles. The van der Waals surface area contributed by atoms with Crippen molar-refractivity contribution >= 4 is 34.6 Å². The Bertz CT molecular complexity index is 1590. The molecule has 0 bridgehead atoms. The SMILES string of the molecule is C=CC[C@@H]1C(COC(C)=O)=C(C(=O)OC(c2ccccc2)c2ccccc2)N2C(=O)[C@@H](NC(=O)COc3ccccc3)[C@H]2S1=O. The first-order valence-electron chi connectivity index (χ1n) is 14.3. The van der Waals surface area contributed by atoms with E-state index in [1.165, 1.54) is 13.0 Å². The van der Waals surface area contributed by atoms with Crippen molar-refractivity contribution in [3.8, 4) is 5.75 Å². The highest BCUT2D eigenvalue weighted by molar-refractivity contribution is 7.86. The van der Waals surface area contributed by atoms with Crippen LogP contribution < -0.4 is 10.1 Å². The van der Waals surface area contributed by atoms with E-state index in [1.54, 1.807) is 30.3 Å². The summed E-state index contributed by atoms with van der Waals surface area (Å²) in [4.78, 5) is 53.4. The predicted molar refractivity (Wildman–Crippen MR) is 166 cm³/mol. The number of β-lactam (4-membered cyclic amide) rings is 1. The maximum atomic E-state index is 14.1. The number of ether oxygens (including phenoxy) is 3. The molecule has 0 spiro atoms.